The highest BCUT2D eigenvalue weighted by molar-refractivity contribution is 5.85. The van der Waals surface area contributed by atoms with Gasteiger partial charge < -0.3 is 10.3 Å². The summed E-state index contributed by atoms with van der Waals surface area (Å²) in [6, 6.07) is 0. The standard InChI is InChI=1S/C11H21NO3/c1-8(13)11(14)6-9(2,3)12(15)10(4,5)7-11/h14-15H,6-7H2,1-5H3. The molecule has 0 aromatic rings. The molecule has 0 radical (unpaired) electrons. The average Bonchev–Trinajstić information content (AvgIpc) is 1.98. The molecule has 0 amide bonds. The van der Waals surface area contributed by atoms with E-state index in [1.165, 1.54) is 12.0 Å². The van der Waals surface area contributed by atoms with Crippen molar-refractivity contribution in [1.29, 1.82) is 0 Å². The summed E-state index contributed by atoms with van der Waals surface area (Å²) in [5.41, 5.74) is -2.50. The van der Waals surface area contributed by atoms with Crippen molar-refractivity contribution < 1.29 is 15.1 Å². The minimum Gasteiger partial charge on any atom is -0.382 e. The normalized spacial score (nSPS) is 28.7. The Hall–Kier alpha value is -0.450. The molecule has 0 aliphatic carbocycles. The lowest BCUT2D eigenvalue weighted by Crippen LogP contribution is -2.65. The quantitative estimate of drug-likeness (QED) is 0.693. The van der Waals surface area contributed by atoms with E-state index in [1.54, 1.807) is 0 Å². The van der Waals surface area contributed by atoms with Gasteiger partial charge in [0.15, 0.2) is 5.78 Å². The molecule has 0 spiro atoms. The highest BCUT2D eigenvalue weighted by Gasteiger charge is 2.53. The second-order valence-electron chi connectivity index (χ2n) is 5.88. The first-order chi connectivity index (χ1) is 6.51. The smallest absolute Gasteiger partial charge is 0.161 e. The van der Waals surface area contributed by atoms with Crippen molar-refractivity contribution in [1.82, 2.24) is 5.06 Å². The minimum absolute atomic E-state index is 0.225. The minimum atomic E-state index is -1.31. The molecule has 0 unspecified atom stereocenters. The van der Waals surface area contributed by atoms with Gasteiger partial charge >= 0.3 is 0 Å². The fourth-order valence-electron chi connectivity index (χ4n) is 2.71. The van der Waals surface area contributed by atoms with E-state index in [2.05, 4.69) is 0 Å². The predicted molar refractivity (Wildman–Crippen MR) is 56.6 cm³/mol. The van der Waals surface area contributed by atoms with Crippen molar-refractivity contribution in [2.45, 2.75) is 64.1 Å². The number of carbonyl (C=O) groups excluding carboxylic acids is 1. The Kier molecular flexibility index (Phi) is 2.75. The maximum Gasteiger partial charge on any atom is 0.161 e. The molecule has 2 N–H and O–H groups in total. The second kappa shape index (κ2) is 3.27. The van der Waals surface area contributed by atoms with E-state index in [1.807, 2.05) is 27.7 Å². The van der Waals surface area contributed by atoms with Crippen molar-refractivity contribution in [3.05, 3.63) is 0 Å². The van der Waals surface area contributed by atoms with E-state index in [-0.39, 0.29) is 18.6 Å². The Labute approximate surface area is 90.8 Å². The number of hydroxylamine groups is 2. The molecule has 4 nitrogen and oxygen atoms in total. The first-order valence-electron chi connectivity index (χ1n) is 5.24. The number of Topliss-reactive ketones (excluding diaryl/α,β-unsaturated/α-hetero) is 1. The van der Waals surface area contributed by atoms with Crippen LogP contribution in [0.5, 0.6) is 0 Å². The average molecular weight is 215 g/mol. The van der Waals surface area contributed by atoms with Gasteiger partial charge in [0.1, 0.15) is 5.60 Å². The zero-order valence-electron chi connectivity index (χ0n) is 10.2. The third-order valence-electron chi connectivity index (χ3n) is 3.25. The molecule has 1 saturated heterocycles. The van der Waals surface area contributed by atoms with Gasteiger partial charge in [0.2, 0.25) is 0 Å². The number of hydrogen-bond donors (Lipinski definition) is 2. The van der Waals surface area contributed by atoms with Crippen LogP contribution in [-0.4, -0.2) is 37.8 Å². The highest BCUT2D eigenvalue weighted by atomic mass is 16.5. The Morgan fingerprint density at radius 3 is 1.73 bits per heavy atom. The fourth-order valence-corrected chi connectivity index (χ4v) is 2.71. The van der Waals surface area contributed by atoms with Crippen LogP contribution in [-0.2, 0) is 4.79 Å². The van der Waals surface area contributed by atoms with Crippen molar-refractivity contribution in [2.24, 2.45) is 0 Å². The van der Waals surface area contributed by atoms with Gasteiger partial charge in [-0.25, -0.2) is 0 Å². The van der Waals surface area contributed by atoms with Crippen LogP contribution < -0.4 is 0 Å². The van der Waals surface area contributed by atoms with E-state index >= 15 is 0 Å². The molecule has 0 aromatic carbocycles. The first kappa shape index (κ1) is 12.6. The van der Waals surface area contributed by atoms with Gasteiger partial charge in [-0.15, -0.1) is 0 Å². The largest absolute Gasteiger partial charge is 0.382 e. The van der Waals surface area contributed by atoms with Gasteiger partial charge in [-0.1, -0.05) is 0 Å². The zero-order valence-corrected chi connectivity index (χ0v) is 10.2. The van der Waals surface area contributed by atoms with Crippen LogP contribution in [0.25, 0.3) is 0 Å². The molecule has 1 aliphatic rings. The van der Waals surface area contributed by atoms with Crippen LogP contribution >= 0.6 is 0 Å². The first-order valence-corrected chi connectivity index (χ1v) is 5.24. The lowest BCUT2D eigenvalue weighted by molar-refractivity contribution is -0.270. The number of hydrogen-bond acceptors (Lipinski definition) is 4. The third kappa shape index (κ3) is 2.07. The van der Waals surface area contributed by atoms with Crippen LogP contribution in [0.3, 0.4) is 0 Å². The number of aliphatic hydroxyl groups is 1. The summed E-state index contributed by atoms with van der Waals surface area (Å²) in [5.74, 6) is -0.225. The summed E-state index contributed by atoms with van der Waals surface area (Å²) < 4.78 is 0. The lowest BCUT2D eigenvalue weighted by Gasteiger charge is -2.53. The molecule has 0 aromatic heterocycles. The summed E-state index contributed by atoms with van der Waals surface area (Å²) in [6.07, 6.45) is 0.518. The molecule has 4 heteroatoms. The summed E-state index contributed by atoms with van der Waals surface area (Å²) in [5, 5.41) is 21.5. The van der Waals surface area contributed by atoms with Crippen molar-refractivity contribution in [2.75, 3.05) is 0 Å². The van der Waals surface area contributed by atoms with E-state index in [9.17, 15) is 15.1 Å². The zero-order chi connectivity index (χ0) is 12.1. The topological polar surface area (TPSA) is 60.8 Å². The molecular formula is C11H21NO3. The monoisotopic (exact) mass is 215 g/mol. The third-order valence-corrected chi connectivity index (χ3v) is 3.25. The van der Waals surface area contributed by atoms with Gasteiger partial charge in [-0.05, 0) is 34.6 Å². The van der Waals surface area contributed by atoms with E-state index in [4.69, 9.17) is 0 Å². The van der Waals surface area contributed by atoms with Crippen molar-refractivity contribution >= 4 is 5.78 Å². The van der Waals surface area contributed by atoms with Crippen molar-refractivity contribution in [3.8, 4) is 0 Å². The SMILES string of the molecule is CC(=O)C1(O)CC(C)(C)N(O)C(C)(C)C1. The van der Waals surface area contributed by atoms with Crippen LogP contribution in [0.1, 0.15) is 47.5 Å². The van der Waals surface area contributed by atoms with E-state index < -0.39 is 16.7 Å². The molecule has 15 heavy (non-hydrogen) atoms. The van der Waals surface area contributed by atoms with Gasteiger partial charge in [0.05, 0.1) is 0 Å². The Morgan fingerprint density at radius 1 is 1.13 bits per heavy atom. The van der Waals surface area contributed by atoms with Crippen LogP contribution in [0.15, 0.2) is 0 Å². The molecule has 0 atom stereocenters. The second-order valence-corrected chi connectivity index (χ2v) is 5.88. The lowest BCUT2D eigenvalue weighted by atomic mass is 9.71. The van der Waals surface area contributed by atoms with E-state index in [0.29, 0.717) is 0 Å². The maximum absolute atomic E-state index is 11.5. The molecular weight excluding hydrogens is 194 g/mol. The number of piperidine rings is 1. The van der Waals surface area contributed by atoms with Gasteiger partial charge in [0.25, 0.3) is 0 Å². The molecule has 1 fully saturated rings. The highest BCUT2D eigenvalue weighted by Crippen LogP contribution is 2.42. The summed E-state index contributed by atoms with van der Waals surface area (Å²) >= 11 is 0. The van der Waals surface area contributed by atoms with Gasteiger partial charge in [-0.3, -0.25) is 4.79 Å². The molecule has 88 valence electrons. The number of rotatable bonds is 1. The molecule has 0 bridgehead atoms. The number of nitrogens with zero attached hydrogens (tertiary/aromatic N) is 1. The molecule has 1 aliphatic heterocycles. The van der Waals surface area contributed by atoms with E-state index in [0.717, 1.165) is 0 Å². The summed E-state index contributed by atoms with van der Waals surface area (Å²) in [6.45, 7) is 8.69. The maximum atomic E-state index is 11.5. The Bertz CT molecular complexity index is 266. The predicted octanol–water partition coefficient (Wildman–Crippen LogP) is 1.35. The summed E-state index contributed by atoms with van der Waals surface area (Å²) in [4.78, 5) is 11.5. The molecule has 1 rings (SSSR count). The van der Waals surface area contributed by atoms with Gasteiger partial charge in [-0.2, -0.15) is 5.06 Å². The van der Waals surface area contributed by atoms with Gasteiger partial charge in [0, 0.05) is 23.9 Å². The fraction of sp³-hybridized carbons (Fsp3) is 0.909. The summed E-state index contributed by atoms with van der Waals surface area (Å²) in [7, 11) is 0. The van der Waals surface area contributed by atoms with Crippen molar-refractivity contribution in [3.63, 3.8) is 0 Å². The molecule has 1 heterocycles. The number of carbonyl (C=O) groups is 1. The number of ketones is 1. The Balaban J connectivity index is 3.09. The van der Waals surface area contributed by atoms with Crippen LogP contribution in [0.2, 0.25) is 0 Å². The Morgan fingerprint density at radius 2 is 1.47 bits per heavy atom. The molecule has 0 saturated carbocycles. The van der Waals surface area contributed by atoms with Crippen LogP contribution in [0.4, 0.5) is 0 Å². The van der Waals surface area contributed by atoms with Crippen LogP contribution in [0, 0.1) is 0 Å².